The fourth-order valence-electron chi connectivity index (χ4n) is 3.02. The first-order chi connectivity index (χ1) is 15.0. The number of nitrogens with zero attached hydrogens (tertiary/aromatic N) is 2. The molecule has 1 aromatic carbocycles. The highest BCUT2D eigenvalue weighted by molar-refractivity contribution is 5.98. The third-order valence-corrected chi connectivity index (χ3v) is 4.65. The molecule has 0 fully saturated rings. The molecule has 0 aliphatic heterocycles. The molecule has 2 aromatic rings. The van der Waals surface area contributed by atoms with Crippen LogP contribution in [0.25, 0.3) is 6.08 Å². The van der Waals surface area contributed by atoms with Crippen LogP contribution in [0.4, 0.5) is 0 Å². The number of ether oxygens (including phenoxy) is 4. The van der Waals surface area contributed by atoms with Gasteiger partial charge in [-0.05, 0) is 62.2 Å². The second kappa shape index (κ2) is 12.5. The van der Waals surface area contributed by atoms with Gasteiger partial charge in [0.1, 0.15) is 36.4 Å². The van der Waals surface area contributed by atoms with Gasteiger partial charge in [0.2, 0.25) is 0 Å². The Morgan fingerprint density at radius 3 is 2.29 bits per heavy atom. The number of aromatic nitrogens is 1. The molecule has 1 aromatic heterocycles. The van der Waals surface area contributed by atoms with Crippen molar-refractivity contribution in [3.63, 3.8) is 0 Å². The summed E-state index contributed by atoms with van der Waals surface area (Å²) >= 11 is 0. The molecule has 0 unspecified atom stereocenters. The van der Waals surface area contributed by atoms with Crippen LogP contribution in [-0.4, -0.2) is 44.1 Å². The summed E-state index contributed by atoms with van der Waals surface area (Å²) in [6, 6.07) is 11.1. The highest BCUT2D eigenvalue weighted by Crippen LogP contribution is 2.19. The third kappa shape index (κ3) is 7.19. The van der Waals surface area contributed by atoms with Crippen LogP contribution in [-0.2, 0) is 20.8 Å². The van der Waals surface area contributed by atoms with Crippen molar-refractivity contribution < 1.29 is 23.7 Å². The van der Waals surface area contributed by atoms with Gasteiger partial charge in [-0.3, -0.25) is 0 Å². The van der Waals surface area contributed by atoms with Crippen molar-refractivity contribution >= 4 is 12.0 Å². The standard InChI is InChI=1S/C24H30N2O5/c1-5-11-29-22-6-8-23(9-7-22)30-13-14-31-24(27)21(17-25)16-20-15-18(2)26(19(20)3)10-12-28-4/h6-9,15-16H,5,10-14H2,1-4H3/b21-16+. The highest BCUT2D eigenvalue weighted by Gasteiger charge is 2.14. The largest absolute Gasteiger partial charge is 0.494 e. The Balaban J connectivity index is 1.88. The van der Waals surface area contributed by atoms with E-state index >= 15 is 0 Å². The molecule has 7 nitrogen and oxygen atoms in total. The van der Waals surface area contributed by atoms with Crippen molar-refractivity contribution in [3.05, 3.63) is 52.9 Å². The molecule has 0 aliphatic carbocycles. The maximum absolute atomic E-state index is 12.3. The van der Waals surface area contributed by atoms with Crippen LogP contribution in [0.15, 0.2) is 35.9 Å². The number of rotatable bonds is 12. The number of hydrogen-bond donors (Lipinski definition) is 0. The van der Waals surface area contributed by atoms with E-state index in [1.165, 1.54) is 0 Å². The summed E-state index contributed by atoms with van der Waals surface area (Å²) in [7, 11) is 1.65. The SMILES string of the molecule is CCCOc1ccc(OCCOC(=O)/C(C#N)=C/c2cc(C)n(CCOC)c2C)cc1. The number of methoxy groups -OCH3 is 1. The molecule has 0 saturated carbocycles. The molecule has 1 heterocycles. The summed E-state index contributed by atoms with van der Waals surface area (Å²) in [5, 5.41) is 9.40. The van der Waals surface area contributed by atoms with Gasteiger partial charge in [-0.2, -0.15) is 5.26 Å². The lowest BCUT2D eigenvalue weighted by Gasteiger charge is -2.09. The Morgan fingerprint density at radius 2 is 1.71 bits per heavy atom. The van der Waals surface area contributed by atoms with Crippen LogP contribution >= 0.6 is 0 Å². The fourth-order valence-corrected chi connectivity index (χ4v) is 3.02. The molecule has 0 radical (unpaired) electrons. The molecule has 7 heteroatoms. The molecular weight excluding hydrogens is 396 g/mol. The van der Waals surface area contributed by atoms with E-state index in [1.54, 1.807) is 25.3 Å². The average molecular weight is 427 g/mol. The van der Waals surface area contributed by atoms with Gasteiger partial charge in [-0.1, -0.05) is 6.92 Å². The van der Waals surface area contributed by atoms with Crippen molar-refractivity contribution in [2.45, 2.75) is 33.7 Å². The fraction of sp³-hybridized carbons (Fsp3) is 0.417. The monoisotopic (exact) mass is 426 g/mol. The Morgan fingerprint density at radius 1 is 1.06 bits per heavy atom. The molecular formula is C24H30N2O5. The molecule has 166 valence electrons. The molecule has 0 spiro atoms. The van der Waals surface area contributed by atoms with E-state index in [1.807, 2.05) is 45.0 Å². The lowest BCUT2D eigenvalue weighted by molar-refractivity contribution is -0.139. The van der Waals surface area contributed by atoms with Crippen LogP contribution in [0.2, 0.25) is 0 Å². The van der Waals surface area contributed by atoms with E-state index in [-0.39, 0.29) is 18.8 Å². The average Bonchev–Trinajstić information content (AvgIpc) is 3.04. The minimum Gasteiger partial charge on any atom is -0.494 e. The van der Waals surface area contributed by atoms with Gasteiger partial charge in [-0.15, -0.1) is 0 Å². The van der Waals surface area contributed by atoms with Crippen LogP contribution in [0.5, 0.6) is 11.5 Å². The molecule has 0 saturated heterocycles. The normalized spacial score (nSPS) is 11.1. The zero-order valence-corrected chi connectivity index (χ0v) is 18.6. The van der Waals surface area contributed by atoms with Gasteiger partial charge in [0.25, 0.3) is 0 Å². The predicted octanol–water partition coefficient (Wildman–Crippen LogP) is 4.07. The topological polar surface area (TPSA) is 82.7 Å². The van der Waals surface area contributed by atoms with Gasteiger partial charge >= 0.3 is 5.97 Å². The second-order valence-electron chi connectivity index (χ2n) is 6.94. The smallest absolute Gasteiger partial charge is 0.349 e. The third-order valence-electron chi connectivity index (χ3n) is 4.65. The number of aryl methyl sites for hydroxylation is 1. The lowest BCUT2D eigenvalue weighted by atomic mass is 10.1. The van der Waals surface area contributed by atoms with Crippen molar-refractivity contribution in [3.8, 4) is 17.6 Å². The van der Waals surface area contributed by atoms with Crippen LogP contribution in [0.1, 0.15) is 30.3 Å². The van der Waals surface area contributed by atoms with Crippen molar-refractivity contribution in [2.24, 2.45) is 0 Å². The first-order valence-corrected chi connectivity index (χ1v) is 10.3. The molecule has 0 amide bonds. The van der Waals surface area contributed by atoms with Crippen LogP contribution in [0, 0.1) is 25.2 Å². The molecule has 0 bridgehead atoms. The molecule has 31 heavy (non-hydrogen) atoms. The van der Waals surface area contributed by atoms with Gasteiger partial charge in [0, 0.05) is 25.0 Å². The van der Waals surface area contributed by atoms with Crippen molar-refractivity contribution in [1.82, 2.24) is 4.57 Å². The Hall–Kier alpha value is -3.24. The molecule has 0 N–H and O–H groups in total. The zero-order chi connectivity index (χ0) is 22.6. The highest BCUT2D eigenvalue weighted by atomic mass is 16.6. The molecule has 2 rings (SSSR count). The Labute approximate surface area is 183 Å². The predicted molar refractivity (Wildman–Crippen MR) is 118 cm³/mol. The van der Waals surface area contributed by atoms with E-state index in [0.717, 1.165) is 29.1 Å². The van der Waals surface area contributed by atoms with Crippen LogP contribution in [0.3, 0.4) is 0 Å². The quantitative estimate of drug-likeness (QED) is 0.220. The van der Waals surface area contributed by atoms with E-state index < -0.39 is 5.97 Å². The van der Waals surface area contributed by atoms with Gasteiger partial charge in [0.15, 0.2) is 0 Å². The zero-order valence-electron chi connectivity index (χ0n) is 18.6. The van der Waals surface area contributed by atoms with Crippen molar-refractivity contribution in [2.75, 3.05) is 33.5 Å². The van der Waals surface area contributed by atoms with Crippen LogP contribution < -0.4 is 9.47 Å². The maximum Gasteiger partial charge on any atom is 0.349 e. The van der Waals surface area contributed by atoms with Gasteiger partial charge < -0.3 is 23.5 Å². The van der Waals surface area contributed by atoms with E-state index in [2.05, 4.69) is 4.57 Å². The number of esters is 1. The molecule has 0 atom stereocenters. The number of benzene rings is 1. The Kier molecular flexibility index (Phi) is 9.66. The van der Waals surface area contributed by atoms with E-state index in [0.29, 0.717) is 25.5 Å². The summed E-state index contributed by atoms with van der Waals surface area (Å²) in [6.45, 7) is 8.16. The minimum absolute atomic E-state index is 0.0405. The summed E-state index contributed by atoms with van der Waals surface area (Å²) in [4.78, 5) is 12.3. The van der Waals surface area contributed by atoms with E-state index in [9.17, 15) is 10.1 Å². The van der Waals surface area contributed by atoms with Gasteiger partial charge in [-0.25, -0.2) is 4.79 Å². The molecule has 0 aliphatic rings. The summed E-state index contributed by atoms with van der Waals surface area (Å²) in [5.41, 5.74) is 2.75. The first kappa shape index (κ1) is 24.0. The summed E-state index contributed by atoms with van der Waals surface area (Å²) in [5.74, 6) is 0.765. The minimum atomic E-state index is -0.670. The van der Waals surface area contributed by atoms with Gasteiger partial charge in [0.05, 0.1) is 13.2 Å². The number of carbonyl (C=O) groups is 1. The number of carbonyl (C=O) groups excluding carboxylic acids is 1. The van der Waals surface area contributed by atoms with E-state index in [4.69, 9.17) is 18.9 Å². The van der Waals surface area contributed by atoms with Crippen molar-refractivity contribution in [1.29, 1.82) is 5.26 Å². The summed E-state index contributed by atoms with van der Waals surface area (Å²) < 4.78 is 23.5. The maximum atomic E-state index is 12.3. The Bertz CT molecular complexity index is 923. The summed E-state index contributed by atoms with van der Waals surface area (Å²) in [6.07, 6.45) is 2.51. The first-order valence-electron chi connectivity index (χ1n) is 10.3. The number of hydrogen-bond acceptors (Lipinski definition) is 6. The lowest BCUT2D eigenvalue weighted by Crippen LogP contribution is -2.13. The number of nitriles is 1. The second-order valence-corrected chi connectivity index (χ2v) is 6.94.